The van der Waals surface area contributed by atoms with Crippen molar-refractivity contribution in [3.63, 3.8) is 0 Å². The number of carboxylic acid groups (broad SMARTS) is 1. The van der Waals surface area contributed by atoms with E-state index in [1.54, 1.807) is 15.6 Å². The van der Waals surface area contributed by atoms with Crippen LogP contribution in [0, 0.1) is 5.82 Å². The molecule has 8 heteroatoms. The Bertz CT molecular complexity index is 691. The zero-order valence-electron chi connectivity index (χ0n) is 10.9. The van der Waals surface area contributed by atoms with Crippen molar-refractivity contribution in [2.75, 3.05) is 6.54 Å². The van der Waals surface area contributed by atoms with E-state index in [4.69, 9.17) is 0 Å². The second kappa shape index (κ2) is 5.53. The van der Waals surface area contributed by atoms with Gasteiger partial charge >= 0.3 is 5.97 Å². The fourth-order valence-corrected chi connectivity index (χ4v) is 2.84. The molecule has 0 bridgehead atoms. The third-order valence-electron chi connectivity index (χ3n) is 3.50. The van der Waals surface area contributed by atoms with E-state index >= 15 is 0 Å². The molecule has 3 rings (SSSR count). The minimum Gasteiger partial charge on any atom is -0.480 e. The van der Waals surface area contributed by atoms with Crippen LogP contribution >= 0.6 is 15.9 Å². The predicted octanol–water partition coefficient (Wildman–Crippen LogP) is 1.82. The zero-order valence-corrected chi connectivity index (χ0v) is 12.5. The first-order valence-electron chi connectivity index (χ1n) is 6.35. The van der Waals surface area contributed by atoms with Crippen molar-refractivity contribution in [2.24, 2.45) is 0 Å². The Morgan fingerprint density at radius 3 is 2.95 bits per heavy atom. The molecule has 21 heavy (non-hydrogen) atoms. The van der Waals surface area contributed by atoms with Gasteiger partial charge in [0.2, 0.25) is 0 Å². The van der Waals surface area contributed by atoms with Gasteiger partial charge in [-0.05, 0) is 12.1 Å². The molecule has 1 aromatic heterocycles. The first-order valence-corrected chi connectivity index (χ1v) is 7.14. The maximum Gasteiger partial charge on any atom is 0.325 e. The maximum atomic E-state index is 14.1. The van der Waals surface area contributed by atoms with Crippen molar-refractivity contribution in [1.82, 2.24) is 19.7 Å². The van der Waals surface area contributed by atoms with Crippen molar-refractivity contribution in [1.29, 1.82) is 0 Å². The van der Waals surface area contributed by atoms with Crippen molar-refractivity contribution < 1.29 is 14.3 Å². The number of benzene rings is 1. The summed E-state index contributed by atoms with van der Waals surface area (Å²) >= 11 is 3.17. The number of carbonyl (C=O) groups is 1. The normalized spacial score (nSPS) is 16.5. The Kier molecular flexibility index (Phi) is 3.73. The Labute approximate surface area is 128 Å². The third kappa shape index (κ3) is 2.68. The number of halogens is 2. The molecule has 0 saturated heterocycles. The summed E-state index contributed by atoms with van der Waals surface area (Å²) in [7, 11) is 0. The minimum absolute atomic E-state index is 0.152. The number of hydrogen-bond acceptors (Lipinski definition) is 4. The van der Waals surface area contributed by atoms with Crippen LogP contribution < -0.4 is 0 Å². The van der Waals surface area contributed by atoms with E-state index in [0.29, 0.717) is 29.9 Å². The van der Waals surface area contributed by atoms with Crippen LogP contribution in [0.1, 0.15) is 17.4 Å². The molecule has 6 nitrogen and oxygen atoms in total. The van der Waals surface area contributed by atoms with Gasteiger partial charge in [-0.1, -0.05) is 22.0 Å². The van der Waals surface area contributed by atoms with E-state index in [9.17, 15) is 14.3 Å². The van der Waals surface area contributed by atoms with E-state index in [1.165, 1.54) is 18.5 Å². The Morgan fingerprint density at radius 1 is 1.43 bits per heavy atom. The monoisotopic (exact) mass is 354 g/mol. The lowest BCUT2D eigenvalue weighted by molar-refractivity contribution is -0.144. The topological polar surface area (TPSA) is 71.2 Å². The lowest BCUT2D eigenvalue weighted by atomic mass is 10.0. The first kappa shape index (κ1) is 14.2. The second-order valence-electron chi connectivity index (χ2n) is 4.78. The molecule has 0 fully saturated rings. The lowest BCUT2D eigenvalue weighted by Crippen LogP contribution is -2.40. The van der Waals surface area contributed by atoms with Crippen LogP contribution in [0.15, 0.2) is 29.0 Å². The molecule has 1 atom stereocenters. The fourth-order valence-electron chi connectivity index (χ4n) is 2.51. The summed E-state index contributed by atoms with van der Waals surface area (Å²) in [6, 6.07) is 3.37. The Balaban J connectivity index is 1.94. The molecule has 0 amide bonds. The highest BCUT2D eigenvalue weighted by Crippen LogP contribution is 2.28. The highest BCUT2D eigenvalue weighted by Gasteiger charge is 2.32. The summed E-state index contributed by atoms with van der Waals surface area (Å²) in [5.74, 6) is -0.932. The average Bonchev–Trinajstić information content (AvgIpc) is 2.88. The van der Waals surface area contributed by atoms with Gasteiger partial charge in [0, 0.05) is 16.6 Å². The maximum absolute atomic E-state index is 14.1. The molecule has 1 unspecified atom stereocenters. The average molecular weight is 355 g/mol. The first-order chi connectivity index (χ1) is 10.1. The van der Waals surface area contributed by atoms with E-state index in [0.717, 1.165) is 0 Å². The number of rotatable bonds is 3. The summed E-state index contributed by atoms with van der Waals surface area (Å²) in [5, 5.41) is 13.6. The fraction of sp³-hybridized carbons (Fsp3) is 0.308. The number of carboxylic acids is 1. The molecule has 0 aliphatic carbocycles. The van der Waals surface area contributed by atoms with Gasteiger partial charge in [-0.3, -0.25) is 9.69 Å². The molecule has 0 saturated carbocycles. The van der Waals surface area contributed by atoms with Gasteiger partial charge < -0.3 is 5.11 Å². The zero-order chi connectivity index (χ0) is 15.0. The summed E-state index contributed by atoms with van der Waals surface area (Å²) in [4.78, 5) is 17.4. The molecule has 1 aliphatic rings. The van der Waals surface area contributed by atoms with Gasteiger partial charge in [-0.2, -0.15) is 5.10 Å². The van der Waals surface area contributed by atoms with Gasteiger partial charge in [0.05, 0.1) is 13.1 Å². The van der Waals surface area contributed by atoms with Crippen molar-refractivity contribution in [3.8, 4) is 0 Å². The van der Waals surface area contributed by atoms with E-state index in [1.807, 2.05) is 0 Å². The summed E-state index contributed by atoms with van der Waals surface area (Å²) < 4.78 is 16.4. The molecule has 1 N–H and O–H groups in total. The Hall–Kier alpha value is -1.80. The van der Waals surface area contributed by atoms with Crippen LogP contribution in [0.5, 0.6) is 0 Å². The molecule has 0 spiro atoms. The largest absolute Gasteiger partial charge is 0.480 e. The lowest BCUT2D eigenvalue weighted by Gasteiger charge is -2.32. The quantitative estimate of drug-likeness (QED) is 0.910. The van der Waals surface area contributed by atoms with Crippen LogP contribution in [-0.2, 0) is 17.9 Å². The molecule has 2 heterocycles. The molecule has 110 valence electrons. The summed E-state index contributed by atoms with van der Waals surface area (Å²) in [5.41, 5.74) is 0.152. The van der Waals surface area contributed by atoms with Crippen LogP contribution in [0.3, 0.4) is 0 Å². The third-order valence-corrected chi connectivity index (χ3v) is 3.99. The van der Waals surface area contributed by atoms with Crippen molar-refractivity contribution in [3.05, 3.63) is 46.2 Å². The predicted molar refractivity (Wildman–Crippen MR) is 74.9 cm³/mol. The van der Waals surface area contributed by atoms with Crippen molar-refractivity contribution >= 4 is 21.9 Å². The smallest absolute Gasteiger partial charge is 0.325 e. The number of hydrogen-bond donors (Lipinski definition) is 1. The van der Waals surface area contributed by atoms with Gasteiger partial charge in [-0.15, -0.1) is 0 Å². The molecule has 1 aromatic carbocycles. The Morgan fingerprint density at radius 2 is 2.24 bits per heavy atom. The molecular formula is C13H12BrFN4O2. The van der Waals surface area contributed by atoms with Gasteiger partial charge in [0.15, 0.2) is 0 Å². The van der Waals surface area contributed by atoms with Crippen LogP contribution in [0.2, 0.25) is 0 Å². The highest BCUT2D eigenvalue weighted by atomic mass is 79.9. The van der Waals surface area contributed by atoms with Gasteiger partial charge in [0.1, 0.15) is 24.0 Å². The van der Waals surface area contributed by atoms with E-state index in [-0.39, 0.29) is 5.56 Å². The number of aliphatic carboxylic acids is 1. The van der Waals surface area contributed by atoms with E-state index < -0.39 is 17.8 Å². The van der Waals surface area contributed by atoms with Crippen molar-refractivity contribution in [2.45, 2.75) is 19.1 Å². The van der Waals surface area contributed by atoms with Crippen LogP contribution in [0.4, 0.5) is 4.39 Å². The molecule has 2 aromatic rings. The van der Waals surface area contributed by atoms with Gasteiger partial charge in [0.25, 0.3) is 0 Å². The van der Waals surface area contributed by atoms with Gasteiger partial charge in [-0.25, -0.2) is 14.1 Å². The van der Waals surface area contributed by atoms with Crippen LogP contribution in [-0.4, -0.2) is 37.3 Å². The minimum atomic E-state index is -1.08. The summed E-state index contributed by atoms with van der Waals surface area (Å²) in [6.07, 6.45) is 1.44. The standard InChI is InChI=1S/C13H12BrFN4O2/c14-8-1-2-9(10(15)5-8)12(13(20)21)18-3-4-19-11(6-18)16-7-17-19/h1-2,5,7,12H,3-4,6H2,(H,20,21). The highest BCUT2D eigenvalue weighted by molar-refractivity contribution is 9.10. The number of nitrogens with zero attached hydrogens (tertiary/aromatic N) is 4. The van der Waals surface area contributed by atoms with E-state index in [2.05, 4.69) is 26.0 Å². The SMILES string of the molecule is O=C(O)C(c1ccc(Br)cc1F)N1CCn2ncnc2C1. The second-order valence-corrected chi connectivity index (χ2v) is 5.69. The number of fused-ring (bicyclic) bond motifs is 1. The molecular weight excluding hydrogens is 343 g/mol. The number of aromatic nitrogens is 3. The molecule has 1 aliphatic heterocycles. The van der Waals surface area contributed by atoms with Crippen LogP contribution in [0.25, 0.3) is 0 Å². The molecule has 0 radical (unpaired) electrons. The summed E-state index contributed by atoms with van der Waals surface area (Å²) in [6.45, 7) is 1.34.